The summed E-state index contributed by atoms with van der Waals surface area (Å²) >= 11 is 0. The predicted molar refractivity (Wildman–Crippen MR) is 76.5 cm³/mol. The van der Waals surface area contributed by atoms with Crippen LogP contribution < -0.4 is 4.72 Å². The van der Waals surface area contributed by atoms with Gasteiger partial charge in [-0.25, -0.2) is 9.18 Å². The summed E-state index contributed by atoms with van der Waals surface area (Å²) in [6.07, 6.45) is 0. The molecule has 2 aromatic rings. The molecule has 7 nitrogen and oxygen atoms in total. The lowest BCUT2D eigenvalue weighted by Crippen LogP contribution is -2.13. The van der Waals surface area contributed by atoms with Gasteiger partial charge in [0.05, 0.1) is 12.3 Å². The Kier molecular flexibility index (Phi) is 4.45. The second-order valence-electron chi connectivity index (χ2n) is 4.41. The Labute approximate surface area is 126 Å². The first-order chi connectivity index (χ1) is 10.3. The van der Waals surface area contributed by atoms with E-state index in [1.54, 1.807) is 13.8 Å². The minimum Gasteiger partial charge on any atom is -0.461 e. The number of nitrogens with one attached hydrogen (secondary N) is 2. The van der Waals surface area contributed by atoms with Crippen LogP contribution in [0.2, 0.25) is 0 Å². The molecule has 0 amide bonds. The average Bonchev–Trinajstić information content (AvgIpc) is 2.93. The van der Waals surface area contributed by atoms with Crippen LogP contribution in [0.25, 0.3) is 0 Å². The maximum Gasteiger partial charge on any atom is 0.358 e. The normalized spacial score (nSPS) is 11.2. The molecule has 0 spiro atoms. The quantitative estimate of drug-likeness (QED) is 0.816. The molecule has 0 saturated heterocycles. The molecule has 0 aliphatic rings. The molecule has 0 saturated carbocycles. The van der Waals surface area contributed by atoms with E-state index in [1.165, 1.54) is 12.1 Å². The van der Waals surface area contributed by atoms with Gasteiger partial charge in [0, 0.05) is 6.07 Å². The summed E-state index contributed by atoms with van der Waals surface area (Å²) in [5.41, 5.74) is 0.307. The maximum atomic E-state index is 13.4. The van der Waals surface area contributed by atoms with Crippen LogP contribution in [0.3, 0.4) is 0 Å². The largest absolute Gasteiger partial charge is 0.461 e. The van der Waals surface area contributed by atoms with E-state index in [2.05, 4.69) is 14.9 Å². The van der Waals surface area contributed by atoms with Gasteiger partial charge in [0.1, 0.15) is 5.82 Å². The van der Waals surface area contributed by atoms with Crippen molar-refractivity contribution in [3.8, 4) is 0 Å². The molecule has 0 bridgehead atoms. The fourth-order valence-electron chi connectivity index (χ4n) is 1.62. The van der Waals surface area contributed by atoms with Crippen LogP contribution >= 0.6 is 0 Å². The summed E-state index contributed by atoms with van der Waals surface area (Å²) in [5.74, 6) is -1.27. The number of benzene rings is 1. The number of ether oxygens (including phenoxy) is 1. The molecule has 0 atom stereocenters. The zero-order valence-corrected chi connectivity index (χ0v) is 12.7. The van der Waals surface area contributed by atoms with Crippen LogP contribution in [0.4, 0.5) is 10.1 Å². The van der Waals surface area contributed by atoms with E-state index in [0.717, 1.165) is 12.1 Å². The molecule has 2 rings (SSSR count). The molecule has 1 aromatic carbocycles. The molecule has 0 aliphatic heterocycles. The number of aryl methyl sites for hydroxylation is 1. The van der Waals surface area contributed by atoms with Crippen molar-refractivity contribution in [1.29, 1.82) is 0 Å². The van der Waals surface area contributed by atoms with Crippen LogP contribution in [0, 0.1) is 12.7 Å². The van der Waals surface area contributed by atoms with Gasteiger partial charge in [0.15, 0.2) is 10.7 Å². The van der Waals surface area contributed by atoms with E-state index in [0.29, 0.717) is 5.56 Å². The number of nitrogens with zero attached hydrogens (tertiary/aromatic N) is 1. The number of sulfonamides is 1. The van der Waals surface area contributed by atoms with Crippen molar-refractivity contribution in [2.45, 2.75) is 18.9 Å². The van der Waals surface area contributed by atoms with E-state index < -0.39 is 21.8 Å². The van der Waals surface area contributed by atoms with Gasteiger partial charge in [0.25, 0.3) is 10.0 Å². The summed E-state index contributed by atoms with van der Waals surface area (Å²) in [6, 6.07) is 4.99. The van der Waals surface area contributed by atoms with Crippen LogP contribution in [0.5, 0.6) is 0 Å². The van der Waals surface area contributed by atoms with Crippen molar-refractivity contribution < 1.29 is 22.3 Å². The second-order valence-corrected chi connectivity index (χ2v) is 6.06. The highest BCUT2D eigenvalue weighted by atomic mass is 32.2. The predicted octanol–water partition coefficient (Wildman–Crippen LogP) is 1.83. The number of hydrogen-bond acceptors (Lipinski definition) is 5. The summed E-state index contributed by atoms with van der Waals surface area (Å²) in [4.78, 5) is 11.5. The molecular formula is C13H14FN3O4S. The smallest absolute Gasteiger partial charge is 0.358 e. The van der Waals surface area contributed by atoms with Gasteiger partial charge in [0.2, 0.25) is 0 Å². The first-order valence-electron chi connectivity index (χ1n) is 6.35. The van der Waals surface area contributed by atoms with Crippen molar-refractivity contribution in [2.75, 3.05) is 11.3 Å². The van der Waals surface area contributed by atoms with Gasteiger partial charge in [-0.05, 0) is 31.5 Å². The van der Waals surface area contributed by atoms with Crippen LogP contribution in [0.15, 0.2) is 29.3 Å². The summed E-state index contributed by atoms with van der Waals surface area (Å²) in [6.45, 7) is 3.33. The highest BCUT2D eigenvalue weighted by Crippen LogP contribution is 2.18. The first kappa shape index (κ1) is 16.0. The highest BCUT2D eigenvalue weighted by Gasteiger charge is 2.21. The standard InChI is InChI=1S/C13H14FN3O4S/c1-3-21-13(18)11-7-12(16-15-11)22(19,20)17-9-5-4-8(2)10(14)6-9/h4-7,17H,3H2,1-2H3,(H,15,16). The zero-order valence-electron chi connectivity index (χ0n) is 11.9. The minimum absolute atomic E-state index is 0.0652. The van der Waals surface area contributed by atoms with Gasteiger partial charge < -0.3 is 4.74 Å². The van der Waals surface area contributed by atoms with E-state index in [1.807, 2.05) is 0 Å². The fourth-order valence-corrected chi connectivity index (χ4v) is 2.60. The molecule has 9 heteroatoms. The van der Waals surface area contributed by atoms with Gasteiger partial charge in [-0.1, -0.05) is 6.07 Å². The number of esters is 1. The van der Waals surface area contributed by atoms with Crippen molar-refractivity contribution in [1.82, 2.24) is 10.2 Å². The number of aromatic nitrogens is 2. The van der Waals surface area contributed by atoms with Crippen molar-refractivity contribution >= 4 is 21.7 Å². The Balaban J connectivity index is 2.23. The van der Waals surface area contributed by atoms with Crippen molar-refractivity contribution in [3.05, 3.63) is 41.3 Å². The third-order valence-electron chi connectivity index (χ3n) is 2.75. The van der Waals surface area contributed by atoms with Gasteiger partial charge in [-0.2, -0.15) is 13.5 Å². The number of rotatable bonds is 5. The molecule has 0 unspecified atom stereocenters. The molecule has 0 fully saturated rings. The molecule has 1 heterocycles. The Hall–Kier alpha value is -2.42. The highest BCUT2D eigenvalue weighted by molar-refractivity contribution is 7.92. The molecular weight excluding hydrogens is 313 g/mol. The number of hydrogen-bond donors (Lipinski definition) is 2. The Bertz CT molecular complexity index is 801. The van der Waals surface area contributed by atoms with Crippen LogP contribution in [0.1, 0.15) is 23.0 Å². The van der Waals surface area contributed by atoms with E-state index >= 15 is 0 Å². The van der Waals surface area contributed by atoms with Gasteiger partial charge in [-0.3, -0.25) is 9.82 Å². The van der Waals surface area contributed by atoms with Gasteiger partial charge in [-0.15, -0.1) is 0 Å². The molecule has 118 valence electrons. The second kappa shape index (κ2) is 6.14. The number of anilines is 1. The van der Waals surface area contributed by atoms with Gasteiger partial charge >= 0.3 is 5.97 Å². The lowest BCUT2D eigenvalue weighted by Gasteiger charge is -2.06. The SMILES string of the molecule is CCOC(=O)c1cc(S(=O)(=O)Nc2ccc(C)c(F)c2)[nH]n1. The maximum absolute atomic E-state index is 13.4. The molecule has 0 aliphatic carbocycles. The summed E-state index contributed by atoms with van der Waals surface area (Å²) in [5, 5.41) is 5.50. The summed E-state index contributed by atoms with van der Waals surface area (Å²) < 4.78 is 44.6. The third kappa shape index (κ3) is 3.42. The lowest BCUT2D eigenvalue weighted by molar-refractivity contribution is 0.0519. The Morgan fingerprint density at radius 3 is 2.77 bits per heavy atom. The molecule has 1 aromatic heterocycles. The molecule has 2 N–H and O–H groups in total. The molecule has 0 radical (unpaired) electrons. The van der Waals surface area contributed by atoms with Crippen LogP contribution in [-0.4, -0.2) is 31.2 Å². The number of carbonyl (C=O) groups excluding carboxylic acids is 1. The minimum atomic E-state index is -4.01. The number of halogens is 1. The fraction of sp³-hybridized carbons (Fsp3) is 0.231. The van der Waals surface area contributed by atoms with Crippen LogP contribution in [-0.2, 0) is 14.8 Å². The van der Waals surface area contributed by atoms with E-state index in [-0.39, 0.29) is 23.0 Å². The lowest BCUT2D eigenvalue weighted by atomic mass is 10.2. The summed E-state index contributed by atoms with van der Waals surface area (Å²) in [7, 11) is -4.01. The first-order valence-corrected chi connectivity index (χ1v) is 7.83. The van der Waals surface area contributed by atoms with E-state index in [9.17, 15) is 17.6 Å². The molecule has 22 heavy (non-hydrogen) atoms. The number of H-pyrrole nitrogens is 1. The topological polar surface area (TPSA) is 101 Å². The average molecular weight is 327 g/mol. The zero-order chi connectivity index (χ0) is 16.3. The monoisotopic (exact) mass is 327 g/mol. The Morgan fingerprint density at radius 2 is 2.14 bits per heavy atom. The van der Waals surface area contributed by atoms with Crippen molar-refractivity contribution in [3.63, 3.8) is 0 Å². The van der Waals surface area contributed by atoms with Crippen molar-refractivity contribution in [2.24, 2.45) is 0 Å². The van der Waals surface area contributed by atoms with E-state index in [4.69, 9.17) is 4.74 Å². The Morgan fingerprint density at radius 1 is 1.41 bits per heavy atom. The third-order valence-corrected chi connectivity index (χ3v) is 4.05. The number of aromatic amines is 1. The number of carbonyl (C=O) groups is 1.